The molecule has 1 aromatic heterocycles. The number of carboxylic acid groups (broad SMARTS) is 1. The maximum atomic E-state index is 12.3. The molecule has 1 saturated carbocycles. The first-order valence-electron chi connectivity index (χ1n) is 8.36. The Morgan fingerprint density at radius 3 is 2.54 bits per heavy atom. The van der Waals surface area contributed by atoms with Gasteiger partial charge in [-0.1, -0.05) is 25.7 Å². The van der Waals surface area contributed by atoms with Gasteiger partial charge in [-0.15, -0.1) is 0 Å². The second kappa shape index (κ2) is 8.52. The summed E-state index contributed by atoms with van der Waals surface area (Å²) < 4.78 is 4.98. The lowest BCUT2D eigenvalue weighted by molar-refractivity contribution is -0.143. The highest BCUT2D eigenvalue weighted by Gasteiger charge is 2.31. The van der Waals surface area contributed by atoms with Crippen LogP contribution in [0.1, 0.15) is 56.0 Å². The molecule has 0 bridgehead atoms. The number of carbonyl (C=O) groups is 3. The van der Waals surface area contributed by atoms with Crippen LogP contribution in [0.3, 0.4) is 0 Å². The van der Waals surface area contributed by atoms with Gasteiger partial charge < -0.3 is 20.2 Å². The van der Waals surface area contributed by atoms with Crippen LogP contribution in [0.2, 0.25) is 0 Å². The van der Waals surface area contributed by atoms with Crippen molar-refractivity contribution in [1.82, 2.24) is 10.6 Å². The van der Waals surface area contributed by atoms with Gasteiger partial charge in [-0.2, -0.15) is 0 Å². The van der Waals surface area contributed by atoms with Gasteiger partial charge in [0.2, 0.25) is 5.91 Å². The zero-order valence-corrected chi connectivity index (χ0v) is 13.8. The van der Waals surface area contributed by atoms with Crippen LogP contribution in [0.15, 0.2) is 22.8 Å². The molecule has 0 saturated heterocycles. The van der Waals surface area contributed by atoms with Crippen LogP contribution in [-0.2, 0) is 9.59 Å². The fraction of sp³-hybridized carbons (Fsp3) is 0.588. The third-order valence-corrected chi connectivity index (χ3v) is 4.40. The Labute approximate surface area is 140 Å². The quantitative estimate of drug-likeness (QED) is 0.761. The van der Waals surface area contributed by atoms with E-state index in [1.54, 1.807) is 13.0 Å². The highest BCUT2D eigenvalue weighted by atomic mass is 16.4. The second-order valence-corrected chi connectivity index (χ2v) is 6.22. The third-order valence-electron chi connectivity index (χ3n) is 4.40. The van der Waals surface area contributed by atoms with Gasteiger partial charge in [0.05, 0.1) is 12.2 Å². The molecular formula is C17H24N2O5. The molecule has 132 valence electrons. The van der Waals surface area contributed by atoms with E-state index in [4.69, 9.17) is 4.42 Å². The molecule has 0 radical (unpaired) electrons. The zero-order chi connectivity index (χ0) is 17.5. The zero-order valence-electron chi connectivity index (χ0n) is 13.8. The van der Waals surface area contributed by atoms with E-state index >= 15 is 0 Å². The molecule has 1 aliphatic rings. The Morgan fingerprint density at radius 1 is 1.21 bits per heavy atom. The van der Waals surface area contributed by atoms with Crippen molar-refractivity contribution in [2.24, 2.45) is 5.92 Å². The molecule has 7 heteroatoms. The van der Waals surface area contributed by atoms with Gasteiger partial charge in [-0.05, 0) is 31.9 Å². The number of carbonyl (C=O) groups excluding carboxylic acids is 2. The molecule has 1 aromatic rings. The third kappa shape index (κ3) is 4.84. The summed E-state index contributed by atoms with van der Waals surface area (Å²) in [5, 5.41) is 14.8. The number of hydrogen-bond donors (Lipinski definition) is 3. The number of nitrogens with one attached hydrogen (secondary N) is 2. The van der Waals surface area contributed by atoms with E-state index in [0.29, 0.717) is 12.8 Å². The predicted octanol–water partition coefficient (Wildman–Crippen LogP) is 1.94. The first-order chi connectivity index (χ1) is 11.5. The van der Waals surface area contributed by atoms with Crippen molar-refractivity contribution >= 4 is 17.8 Å². The molecule has 3 N–H and O–H groups in total. The highest BCUT2D eigenvalue weighted by Crippen LogP contribution is 2.23. The standard InChI is InChI=1S/C17H24N2O5/c1-11(18-16(21)14-9-6-10-24-14)15(20)19-13-8-5-3-2-4-7-12(13)17(22)23/h6,9-13H,2-5,7-8H2,1H3,(H,18,21)(H,19,20)(H,22,23). The molecule has 1 heterocycles. The normalized spacial score (nSPS) is 22.7. The van der Waals surface area contributed by atoms with Crippen LogP contribution in [-0.4, -0.2) is 35.0 Å². The Balaban J connectivity index is 1.94. The van der Waals surface area contributed by atoms with Gasteiger partial charge in [0.25, 0.3) is 5.91 Å². The number of furan rings is 1. The van der Waals surface area contributed by atoms with Gasteiger partial charge >= 0.3 is 5.97 Å². The molecule has 0 aromatic carbocycles. The summed E-state index contributed by atoms with van der Waals surface area (Å²) in [6, 6.07) is 1.92. The summed E-state index contributed by atoms with van der Waals surface area (Å²) in [7, 11) is 0. The van der Waals surface area contributed by atoms with Gasteiger partial charge in [-0.25, -0.2) is 0 Å². The summed E-state index contributed by atoms with van der Waals surface area (Å²) in [6.45, 7) is 1.56. The fourth-order valence-corrected chi connectivity index (χ4v) is 3.00. The molecule has 7 nitrogen and oxygen atoms in total. The summed E-state index contributed by atoms with van der Waals surface area (Å²) in [5.74, 6) is -2.19. The first kappa shape index (κ1) is 18.0. The molecule has 0 spiro atoms. The monoisotopic (exact) mass is 336 g/mol. The summed E-state index contributed by atoms with van der Waals surface area (Å²) in [4.78, 5) is 35.7. The van der Waals surface area contributed by atoms with Crippen LogP contribution in [0.25, 0.3) is 0 Å². The van der Waals surface area contributed by atoms with Crippen molar-refractivity contribution in [2.45, 2.75) is 57.5 Å². The molecule has 3 atom stereocenters. The molecular weight excluding hydrogens is 312 g/mol. The molecule has 1 aliphatic carbocycles. The molecule has 24 heavy (non-hydrogen) atoms. The number of rotatable bonds is 5. The van der Waals surface area contributed by atoms with Crippen molar-refractivity contribution < 1.29 is 23.9 Å². The van der Waals surface area contributed by atoms with Gasteiger partial charge in [0, 0.05) is 6.04 Å². The fourth-order valence-electron chi connectivity index (χ4n) is 3.00. The molecule has 2 rings (SSSR count). The average molecular weight is 336 g/mol. The summed E-state index contributed by atoms with van der Waals surface area (Å²) in [5.41, 5.74) is 0. The van der Waals surface area contributed by atoms with E-state index in [9.17, 15) is 19.5 Å². The largest absolute Gasteiger partial charge is 0.481 e. The van der Waals surface area contributed by atoms with Crippen LogP contribution < -0.4 is 10.6 Å². The first-order valence-corrected chi connectivity index (χ1v) is 8.36. The van der Waals surface area contributed by atoms with Gasteiger partial charge in [0.15, 0.2) is 5.76 Å². The second-order valence-electron chi connectivity index (χ2n) is 6.22. The maximum Gasteiger partial charge on any atom is 0.308 e. The van der Waals surface area contributed by atoms with Crippen molar-refractivity contribution in [3.05, 3.63) is 24.2 Å². The number of carboxylic acids is 1. The van der Waals surface area contributed by atoms with Crippen LogP contribution in [0, 0.1) is 5.92 Å². The minimum atomic E-state index is -0.880. The lowest BCUT2D eigenvalue weighted by Gasteiger charge is -2.28. The van der Waals surface area contributed by atoms with E-state index in [-0.39, 0.29) is 11.7 Å². The minimum Gasteiger partial charge on any atom is -0.481 e. The van der Waals surface area contributed by atoms with Gasteiger partial charge in [0.1, 0.15) is 6.04 Å². The minimum absolute atomic E-state index is 0.129. The lowest BCUT2D eigenvalue weighted by atomic mass is 9.86. The molecule has 0 aliphatic heterocycles. The van der Waals surface area contributed by atoms with Crippen molar-refractivity contribution in [3.63, 3.8) is 0 Å². The molecule has 1 fully saturated rings. The topological polar surface area (TPSA) is 109 Å². The summed E-state index contributed by atoms with van der Waals surface area (Å²) >= 11 is 0. The van der Waals surface area contributed by atoms with E-state index in [2.05, 4.69) is 10.6 Å². The number of hydrogen-bond acceptors (Lipinski definition) is 4. The van der Waals surface area contributed by atoms with Crippen molar-refractivity contribution in [3.8, 4) is 0 Å². The number of aliphatic carboxylic acids is 1. The Bertz CT molecular complexity index is 570. The average Bonchev–Trinajstić information content (AvgIpc) is 3.03. The van der Waals surface area contributed by atoms with Crippen molar-refractivity contribution in [2.75, 3.05) is 0 Å². The Morgan fingerprint density at radius 2 is 1.92 bits per heavy atom. The van der Waals surface area contributed by atoms with Crippen LogP contribution >= 0.6 is 0 Å². The lowest BCUT2D eigenvalue weighted by Crippen LogP contribution is -2.51. The smallest absolute Gasteiger partial charge is 0.308 e. The predicted molar refractivity (Wildman–Crippen MR) is 86.4 cm³/mol. The van der Waals surface area contributed by atoms with Crippen LogP contribution in [0.5, 0.6) is 0 Å². The molecule has 2 amide bonds. The van der Waals surface area contributed by atoms with E-state index < -0.39 is 29.9 Å². The maximum absolute atomic E-state index is 12.3. The van der Waals surface area contributed by atoms with E-state index in [0.717, 1.165) is 25.7 Å². The van der Waals surface area contributed by atoms with Gasteiger partial charge in [-0.3, -0.25) is 14.4 Å². The number of amides is 2. The van der Waals surface area contributed by atoms with E-state index in [1.807, 2.05) is 0 Å². The molecule has 3 unspecified atom stereocenters. The highest BCUT2D eigenvalue weighted by molar-refractivity contribution is 5.95. The van der Waals surface area contributed by atoms with Crippen LogP contribution in [0.4, 0.5) is 0 Å². The SMILES string of the molecule is CC(NC(=O)c1ccco1)C(=O)NC1CCCCCCC1C(=O)O. The van der Waals surface area contributed by atoms with E-state index in [1.165, 1.54) is 12.3 Å². The summed E-state index contributed by atoms with van der Waals surface area (Å²) in [6.07, 6.45) is 6.40. The van der Waals surface area contributed by atoms with Crippen molar-refractivity contribution in [1.29, 1.82) is 0 Å². The Hall–Kier alpha value is -2.31. The Kier molecular flexibility index (Phi) is 6.40.